The molecule has 1 aromatic heterocycles. The third-order valence-corrected chi connectivity index (χ3v) is 6.02. The van der Waals surface area contributed by atoms with Crippen LogP contribution in [0.25, 0.3) is 11.1 Å². The van der Waals surface area contributed by atoms with Gasteiger partial charge in [0.15, 0.2) is 11.4 Å². The number of hydrogen-bond acceptors (Lipinski definition) is 6. The Bertz CT molecular complexity index is 1160. The van der Waals surface area contributed by atoms with Crippen LogP contribution in [0, 0.1) is 0 Å². The zero-order chi connectivity index (χ0) is 22.7. The van der Waals surface area contributed by atoms with Gasteiger partial charge in [-0.05, 0) is 42.3 Å². The van der Waals surface area contributed by atoms with E-state index >= 15 is 0 Å². The lowest BCUT2D eigenvalue weighted by Crippen LogP contribution is -2.53. The number of nitrogens with two attached hydrogens (primary N) is 1. The van der Waals surface area contributed by atoms with Gasteiger partial charge in [-0.3, -0.25) is 19.5 Å². The molecule has 2 aromatic carbocycles. The summed E-state index contributed by atoms with van der Waals surface area (Å²) in [7, 11) is 0. The molecule has 2 heterocycles. The van der Waals surface area contributed by atoms with Crippen LogP contribution in [0.15, 0.2) is 51.7 Å². The van der Waals surface area contributed by atoms with Crippen molar-refractivity contribution in [3.8, 4) is 0 Å². The molecule has 3 aromatic rings. The number of piperazine rings is 1. The largest absolute Gasteiger partial charge is 0.417 e. The quantitative estimate of drug-likeness (QED) is 0.526. The summed E-state index contributed by atoms with van der Waals surface area (Å²) in [5, 5.41) is 0.653. The van der Waals surface area contributed by atoms with E-state index in [-0.39, 0.29) is 11.7 Å². The van der Waals surface area contributed by atoms with Gasteiger partial charge in [0.1, 0.15) is 0 Å². The Morgan fingerprint density at radius 1 is 1.09 bits per heavy atom. The first kappa shape index (κ1) is 22.3. The normalized spacial score (nSPS) is 15.8. The topological polar surface area (TPSA) is 113 Å². The Hall–Kier alpha value is -2.94. The summed E-state index contributed by atoms with van der Waals surface area (Å²) >= 11 is 5.90. The Balaban J connectivity index is 1.24. The third kappa shape index (κ3) is 5.27. The van der Waals surface area contributed by atoms with Gasteiger partial charge in [-0.2, -0.15) is 0 Å². The van der Waals surface area contributed by atoms with E-state index in [4.69, 9.17) is 21.8 Å². The molecular weight excluding hydrogens is 432 g/mol. The number of nitrogens with one attached hydrogen (secondary N) is 1. The van der Waals surface area contributed by atoms with Gasteiger partial charge in [0.25, 0.3) is 0 Å². The number of amides is 1. The predicted molar refractivity (Wildman–Crippen MR) is 122 cm³/mol. The molecule has 9 heteroatoms. The van der Waals surface area contributed by atoms with Crippen LogP contribution in [0.5, 0.6) is 0 Å². The van der Waals surface area contributed by atoms with Crippen LogP contribution in [-0.2, 0) is 11.2 Å². The highest BCUT2D eigenvalue weighted by atomic mass is 35.5. The van der Waals surface area contributed by atoms with E-state index in [0.29, 0.717) is 67.3 Å². The molecule has 1 aliphatic heterocycles. The number of Topliss-reactive ketones (excluding diaryl/α,β-unsaturated/α-hetero) is 1. The highest BCUT2D eigenvalue weighted by molar-refractivity contribution is 6.30. The van der Waals surface area contributed by atoms with Crippen molar-refractivity contribution in [1.82, 2.24) is 14.8 Å². The molecule has 0 saturated carbocycles. The maximum absolute atomic E-state index is 12.7. The number of aromatic nitrogens is 1. The number of rotatable bonds is 7. The molecule has 1 amide bonds. The first-order valence-electron chi connectivity index (χ1n) is 10.6. The number of H-pyrrole nitrogens is 1. The maximum atomic E-state index is 12.7. The number of aromatic amines is 1. The van der Waals surface area contributed by atoms with Crippen LogP contribution in [0.4, 0.5) is 0 Å². The summed E-state index contributed by atoms with van der Waals surface area (Å²) in [6.07, 6.45) is 0.820. The van der Waals surface area contributed by atoms with Gasteiger partial charge in [0.05, 0.1) is 11.6 Å². The van der Waals surface area contributed by atoms with Gasteiger partial charge < -0.3 is 15.1 Å². The van der Waals surface area contributed by atoms with Gasteiger partial charge in [0, 0.05) is 49.7 Å². The Morgan fingerprint density at radius 2 is 1.81 bits per heavy atom. The zero-order valence-electron chi connectivity index (χ0n) is 17.6. The highest BCUT2D eigenvalue weighted by Gasteiger charge is 2.25. The van der Waals surface area contributed by atoms with Gasteiger partial charge in [-0.15, -0.1) is 0 Å². The van der Waals surface area contributed by atoms with Crippen molar-refractivity contribution in [3.63, 3.8) is 0 Å². The predicted octanol–water partition coefficient (Wildman–Crippen LogP) is 2.06. The molecule has 0 aliphatic carbocycles. The molecule has 4 rings (SSSR count). The SMILES string of the molecule is NC(Cc1ccc(Cl)cc1)C(=O)N1CCN(CCC(=O)c2ccc3[nH]c(=O)oc3c2)CC1. The van der Waals surface area contributed by atoms with E-state index in [1.165, 1.54) is 0 Å². The van der Waals surface area contributed by atoms with Crippen molar-refractivity contribution < 1.29 is 14.0 Å². The van der Waals surface area contributed by atoms with Gasteiger partial charge in [-0.1, -0.05) is 23.7 Å². The second-order valence-electron chi connectivity index (χ2n) is 8.00. The minimum Gasteiger partial charge on any atom is -0.408 e. The van der Waals surface area contributed by atoms with Crippen molar-refractivity contribution >= 4 is 34.4 Å². The van der Waals surface area contributed by atoms with Crippen molar-refractivity contribution in [2.24, 2.45) is 5.73 Å². The van der Waals surface area contributed by atoms with Crippen molar-refractivity contribution in [3.05, 3.63) is 69.2 Å². The molecule has 168 valence electrons. The van der Waals surface area contributed by atoms with E-state index in [9.17, 15) is 14.4 Å². The van der Waals surface area contributed by atoms with Crippen molar-refractivity contribution in [2.75, 3.05) is 32.7 Å². The lowest BCUT2D eigenvalue weighted by molar-refractivity contribution is -0.134. The summed E-state index contributed by atoms with van der Waals surface area (Å²) in [5.41, 5.74) is 8.59. The average Bonchev–Trinajstić information content (AvgIpc) is 3.18. The standard InChI is InChI=1S/C23H25ClN4O4/c24-17-4-1-15(2-5-17)13-18(25)22(30)28-11-9-27(10-12-28)8-7-20(29)16-3-6-19-21(14-16)32-23(31)26-19/h1-6,14,18H,7-13,25H2,(H,26,31). The monoisotopic (exact) mass is 456 g/mol. The summed E-state index contributed by atoms with van der Waals surface area (Å²) < 4.78 is 5.02. The summed E-state index contributed by atoms with van der Waals surface area (Å²) in [6.45, 7) is 3.16. The van der Waals surface area contributed by atoms with Crippen LogP contribution < -0.4 is 11.5 Å². The van der Waals surface area contributed by atoms with Crippen LogP contribution in [0.3, 0.4) is 0 Å². The molecule has 0 spiro atoms. The Labute approximate surface area is 189 Å². The minimum absolute atomic E-state index is 0.0146. The van der Waals surface area contributed by atoms with Crippen molar-refractivity contribution in [2.45, 2.75) is 18.9 Å². The number of oxazole rings is 1. The molecular formula is C23H25ClN4O4. The number of ketones is 1. The minimum atomic E-state index is -0.590. The highest BCUT2D eigenvalue weighted by Crippen LogP contribution is 2.15. The van der Waals surface area contributed by atoms with E-state index in [1.54, 1.807) is 35.2 Å². The summed E-state index contributed by atoms with van der Waals surface area (Å²) in [5.74, 6) is -0.610. The number of fused-ring (bicyclic) bond motifs is 1. The molecule has 1 aliphatic rings. The lowest BCUT2D eigenvalue weighted by atomic mass is 10.1. The molecule has 1 atom stereocenters. The molecule has 1 saturated heterocycles. The first-order chi connectivity index (χ1) is 15.4. The first-order valence-corrected chi connectivity index (χ1v) is 10.9. The zero-order valence-corrected chi connectivity index (χ0v) is 18.3. The summed E-state index contributed by atoms with van der Waals surface area (Å²) in [4.78, 5) is 43.0. The van der Waals surface area contributed by atoms with Crippen LogP contribution in [0.2, 0.25) is 5.02 Å². The summed E-state index contributed by atoms with van der Waals surface area (Å²) in [6, 6.07) is 11.7. The fraction of sp³-hybridized carbons (Fsp3) is 0.348. The number of carbonyl (C=O) groups is 2. The number of carbonyl (C=O) groups excluding carboxylic acids is 2. The molecule has 0 radical (unpaired) electrons. The molecule has 1 fully saturated rings. The fourth-order valence-corrected chi connectivity index (χ4v) is 4.04. The van der Waals surface area contributed by atoms with Gasteiger partial charge in [-0.25, -0.2) is 4.79 Å². The molecule has 0 bridgehead atoms. The van der Waals surface area contributed by atoms with Crippen LogP contribution in [-0.4, -0.2) is 65.2 Å². The van der Waals surface area contributed by atoms with Gasteiger partial charge >= 0.3 is 5.76 Å². The smallest absolute Gasteiger partial charge is 0.408 e. The molecule has 8 nitrogen and oxygen atoms in total. The number of halogens is 1. The van der Waals surface area contributed by atoms with E-state index in [1.807, 2.05) is 12.1 Å². The fourth-order valence-electron chi connectivity index (χ4n) is 3.91. The average molecular weight is 457 g/mol. The number of benzene rings is 2. The van der Waals surface area contributed by atoms with E-state index in [0.717, 1.165) is 5.56 Å². The third-order valence-electron chi connectivity index (χ3n) is 5.77. The second-order valence-corrected chi connectivity index (χ2v) is 8.44. The van der Waals surface area contributed by atoms with E-state index < -0.39 is 11.8 Å². The molecule has 1 unspecified atom stereocenters. The lowest BCUT2D eigenvalue weighted by Gasteiger charge is -2.35. The van der Waals surface area contributed by atoms with Crippen LogP contribution >= 0.6 is 11.6 Å². The molecule has 32 heavy (non-hydrogen) atoms. The maximum Gasteiger partial charge on any atom is 0.417 e. The number of hydrogen-bond donors (Lipinski definition) is 2. The Kier molecular flexibility index (Phi) is 6.74. The van der Waals surface area contributed by atoms with E-state index in [2.05, 4.69) is 9.88 Å². The van der Waals surface area contributed by atoms with Crippen LogP contribution in [0.1, 0.15) is 22.3 Å². The van der Waals surface area contributed by atoms with Gasteiger partial charge in [0.2, 0.25) is 5.91 Å². The van der Waals surface area contributed by atoms with Crippen molar-refractivity contribution in [1.29, 1.82) is 0 Å². The molecule has 3 N–H and O–H groups in total. The Morgan fingerprint density at radius 3 is 2.53 bits per heavy atom. The number of nitrogens with zero attached hydrogens (tertiary/aromatic N) is 2. The second kappa shape index (κ2) is 9.68.